The van der Waals surface area contributed by atoms with E-state index >= 15 is 0 Å². The predicted molar refractivity (Wildman–Crippen MR) is 370 cm³/mol. The van der Waals surface area contributed by atoms with E-state index in [4.69, 9.17) is 14.2 Å². The summed E-state index contributed by atoms with van der Waals surface area (Å²) in [6, 6.07) is -0.824. The second-order valence-corrected chi connectivity index (χ2v) is 26.3. The molecule has 0 aliphatic carbocycles. The quantitative estimate of drug-likeness (QED) is 0.0195. The van der Waals surface area contributed by atoms with Crippen LogP contribution in [0.25, 0.3) is 0 Å². The molecule has 6 N–H and O–H groups in total. The van der Waals surface area contributed by atoms with Gasteiger partial charge in [-0.2, -0.15) is 0 Å². The number of carbonyl (C=O) groups excluding carboxylic acids is 2. The van der Waals surface area contributed by atoms with Crippen molar-refractivity contribution in [3.63, 3.8) is 0 Å². The molecular weight excluding hydrogens is 1100 g/mol. The maximum atomic E-state index is 13.0. The summed E-state index contributed by atoms with van der Waals surface area (Å²) < 4.78 is 16.7. The Balaban J connectivity index is 1.88. The Labute approximate surface area is 542 Å². The van der Waals surface area contributed by atoms with Crippen LogP contribution in [0.3, 0.4) is 0 Å². The van der Waals surface area contributed by atoms with Crippen molar-refractivity contribution < 1.29 is 49.3 Å². The first kappa shape index (κ1) is 83.6. The lowest BCUT2D eigenvalue weighted by molar-refractivity contribution is -0.302. The molecule has 1 aliphatic rings. The molecule has 0 aromatic rings. The number of esters is 1. The zero-order chi connectivity index (χ0) is 63.7. The molecule has 1 fully saturated rings. The fraction of sp³-hybridized carbons (Fsp3) is 0.870. The van der Waals surface area contributed by atoms with Crippen molar-refractivity contribution in [1.82, 2.24) is 5.32 Å². The van der Waals surface area contributed by atoms with Crippen molar-refractivity contribution in [2.24, 2.45) is 0 Å². The van der Waals surface area contributed by atoms with Gasteiger partial charge in [-0.1, -0.05) is 326 Å². The van der Waals surface area contributed by atoms with E-state index in [-0.39, 0.29) is 18.5 Å². The Bertz CT molecular complexity index is 1600. The van der Waals surface area contributed by atoms with Crippen LogP contribution in [0.2, 0.25) is 0 Å². The summed E-state index contributed by atoms with van der Waals surface area (Å²) in [6.45, 7) is 4.31. The summed E-state index contributed by atoms with van der Waals surface area (Å²) in [5.41, 5.74) is 0. The number of hydrogen-bond acceptors (Lipinski definition) is 10. The number of unbranched alkanes of at least 4 members (excludes halogenated alkanes) is 47. The van der Waals surface area contributed by atoms with Crippen LogP contribution in [0.5, 0.6) is 0 Å². The van der Waals surface area contributed by atoms with Crippen LogP contribution in [0.1, 0.15) is 367 Å². The van der Waals surface area contributed by atoms with Gasteiger partial charge >= 0.3 is 5.97 Å². The number of rotatable bonds is 67. The van der Waals surface area contributed by atoms with E-state index in [0.29, 0.717) is 19.4 Å². The maximum absolute atomic E-state index is 13.0. The van der Waals surface area contributed by atoms with Crippen molar-refractivity contribution in [3.8, 4) is 0 Å². The van der Waals surface area contributed by atoms with Crippen molar-refractivity contribution in [3.05, 3.63) is 48.6 Å². The highest BCUT2D eigenvalue weighted by molar-refractivity contribution is 5.76. The Morgan fingerprint density at radius 3 is 1.22 bits per heavy atom. The zero-order valence-electron chi connectivity index (χ0n) is 57.4. The number of nitrogens with one attached hydrogen (secondary N) is 1. The van der Waals surface area contributed by atoms with Gasteiger partial charge in [0.15, 0.2) is 6.29 Å². The van der Waals surface area contributed by atoms with E-state index in [1.807, 2.05) is 6.08 Å². The molecule has 0 aromatic heterocycles. The number of carbonyl (C=O) groups is 2. The third-order valence-corrected chi connectivity index (χ3v) is 17.9. The van der Waals surface area contributed by atoms with E-state index in [9.17, 15) is 35.1 Å². The summed E-state index contributed by atoms with van der Waals surface area (Å²) in [7, 11) is 0. The van der Waals surface area contributed by atoms with Crippen molar-refractivity contribution in [2.75, 3.05) is 19.8 Å². The highest BCUT2D eigenvalue weighted by Crippen LogP contribution is 2.23. The topological polar surface area (TPSA) is 175 Å². The van der Waals surface area contributed by atoms with Crippen LogP contribution in [-0.4, -0.2) is 100 Å². The maximum Gasteiger partial charge on any atom is 0.305 e. The van der Waals surface area contributed by atoms with Crippen LogP contribution in [0.4, 0.5) is 0 Å². The molecule has 1 rings (SSSR count). The zero-order valence-corrected chi connectivity index (χ0v) is 57.4. The van der Waals surface area contributed by atoms with Gasteiger partial charge in [-0.25, -0.2) is 0 Å². The molecule has 1 amide bonds. The van der Waals surface area contributed by atoms with Gasteiger partial charge in [-0.15, -0.1) is 0 Å². The van der Waals surface area contributed by atoms with E-state index < -0.39 is 49.5 Å². The van der Waals surface area contributed by atoms with Gasteiger partial charge in [0.05, 0.1) is 32.0 Å². The van der Waals surface area contributed by atoms with E-state index in [2.05, 4.69) is 55.6 Å². The highest BCUT2D eigenvalue weighted by atomic mass is 16.7. The number of aliphatic hydroxyl groups excluding tert-OH is 5. The van der Waals surface area contributed by atoms with Crippen LogP contribution in [0, 0.1) is 0 Å². The van der Waals surface area contributed by atoms with Crippen molar-refractivity contribution in [2.45, 2.75) is 410 Å². The molecule has 0 aromatic carbocycles. The normalized spacial score (nSPS) is 18.0. The molecule has 11 heteroatoms. The summed E-state index contributed by atoms with van der Waals surface area (Å²) >= 11 is 0. The minimum atomic E-state index is -1.57. The van der Waals surface area contributed by atoms with E-state index in [0.717, 1.165) is 57.8 Å². The standard InChI is InChI=1S/C77H143NO10/c1-3-5-7-9-11-13-14-45-49-53-57-61-65-73(82)86-66-62-58-54-50-46-43-41-39-37-35-33-31-29-27-25-23-21-19-17-15-16-18-20-22-24-26-28-30-32-34-36-38-40-42-44-48-52-56-60-64-72(81)78-69(70(80)63-59-55-51-47-12-10-8-6-4-2)68-87-77-76(85)75(84)74(83)71(67-79)88-77/h12,15-16,19,21,47,59,63,69-71,74-77,79-80,83-85H,3-11,13-14,17-18,20,22-46,48-58,60-62,64-68H2,1-2H3,(H,78,81)/b16-15-,21-19-,47-12+,63-59+. The average Bonchev–Trinajstić information content (AvgIpc) is 2.69. The van der Waals surface area contributed by atoms with Gasteiger partial charge in [0.1, 0.15) is 24.4 Å². The summed E-state index contributed by atoms with van der Waals surface area (Å²) in [5, 5.41) is 54.3. The summed E-state index contributed by atoms with van der Waals surface area (Å²) in [4.78, 5) is 25.1. The molecule has 7 atom stereocenters. The van der Waals surface area contributed by atoms with Crippen LogP contribution < -0.4 is 5.32 Å². The number of amides is 1. The van der Waals surface area contributed by atoms with Gasteiger partial charge in [0.2, 0.25) is 5.91 Å². The largest absolute Gasteiger partial charge is 0.466 e. The first-order valence-corrected chi connectivity index (χ1v) is 37.9. The number of hydrogen-bond donors (Lipinski definition) is 6. The Hall–Kier alpha value is -2.38. The predicted octanol–water partition coefficient (Wildman–Crippen LogP) is 19.9. The summed E-state index contributed by atoms with van der Waals surface area (Å²) in [6.07, 6.45) is 77.3. The molecule has 0 bridgehead atoms. The van der Waals surface area contributed by atoms with Gasteiger partial charge in [0.25, 0.3) is 0 Å². The number of allylic oxidation sites excluding steroid dienone is 7. The number of ether oxygens (including phenoxy) is 3. The molecule has 0 radical (unpaired) electrons. The van der Waals surface area contributed by atoms with E-state index in [1.165, 1.54) is 283 Å². The Morgan fingerprint density at radius 2 is 0.773 bits per heavy atom. The fourth-order valence-electron chi connectivity index (χ4n) is 12.0. The molecule has 516 valence electrons. The monoisotopic (exact) mass is 1240 g/mol. The third kappa shape index (κ3) is 54.2. The van der Waals surface area contributed by atoms with Crippen molar-refractivity contribution in [1.29, 1.82) is 0 Å². The SMILES string of the molecule is CCCCC/C=C/CC/C=C/C(O)C(COC1OC(CO)C(O)C(O)C1O)NC(=O)CCCCCCCCCCCCCCCCCCC/C=C\C/C=C\CCCCCCCCCCCCCCCCCOC(=O)CCCCCCCCCCCCCC. The van der Waals surface area contributed by atoms with Crippen LogP contribution in [0.15, 0.2) is 48.6 Å². The molecule has 0 saturated carbocycles. The third-order valence-electron chi connectivity index (χ3n) is 17.9. The Morgan fingerprint density at radius 1 is 0.420 bits per heavy atom. The highest BCUT2D eigenvalue weighted by Gasteiger charge is 2.44. The van der Waals surface area contributed by atoms with Gasteiger partial charge in [0, 0.05) is 12.8 Å². The second-order valence-electron chi connectivity index (χ2n) is 26.3. The minimum Gasteiger partial charge on any atom is -0.466 e. The van der Waals surface area contributed by atoms with E-state index in [1.54, 1.807) is 6.08 Å². The van der Waals surface area contributed by atoms with Crippen molar-refractivity contribution >= 4 is 11.9 Å². The first-order valence-electron chi connectivity index (χ1n) is 37.9. The smallest absolute Gasteiger partial charge is 0.305 e. The molecule has 88 heavy (non-hydrogen) atoms. The molecule has 1 aliphatic heterocycles. The summed E-state index contributed by atoms with van der Waals surface area (Å²) in [5.74, 6) is -0.175. The Kier molecular flexibility index (Phi) is 62.8. The lowest BCUT2D eigenvalue weighted by Gasteiger charge is -2.40. The first-order chi connectivity index (χ1) is 43.2. The molecular formula is C77H143NO10. The fourth-order valence-corrected chi connectivity index (χ4v) is 12.0. The molecule has 1 heterocycles. The van der Waals surface area contributed by atoms with Gasteiger partial charge < -0.3 is 45.1 Å². The molecule has 1 saturated heterocycles. The number of aliphatic hydroxyl groups is 5. The van der Waals surface area contributed by atoms with Gasteiger partial charge in [-0.3, -0.25) is 9.59 Å². The average molecular weight is 1240 g/mol. The molecule has 0 spiro atoms. The minimum absolute atomic E-state index is 0.0153. The van der Waals surface area contributed by atoms with Gasteiger partial charge in [-0.05, 0) is 77.0 Å². The van der Waals surface area contributed by atoms with Crippen LogP contribution in [-0.2, 0) is 23.8 Å². The molecule has 7 unspecified atom stereocenters. The second kappa shape index (κ2) is 66.1. The molecule has 11 nitrogen and oxygen atoms in total. The van der Waals surface area contributed by atoms with Crippen LogP contribution >= 0.6 is 0 Å². The lowest BCUT2D eigenvalue weighted by Crippen LogP contribution is -2.60. The lowest BCUT2D eigenvalue weighted by atomic mass is 9.99.